The van der Waals surface area contributed by atoms with Gasteiger partial charge in [0.05, 0.1) is 6.42 Å². The number of carboxylic acids is 1. The Morgan fingerprint density at radius 1 is 1.59 bits per heavy atom. The topological polar surface area (TPSA) is 71.3 Å². The molecule has 0 spiro atoms. The van der Waals surface area contributed by atoms with Gasteiger partial charge in [-0.3, -0.25) is 9.59 Å². The molecule has 0 aliphatic carbocycles. The van der Waals surface area contributed by atoms with Crippen molar-refractivity contribution in [3.63, 3.8) is 0 Å². The second-order valence-electron chi connectivity index (χ2n) is 3.80. The van der Waals surface area contributed by atoms with Gasteiger partial charge in [0.1, 0.15) is 5.69 Å². The van der Waals surface area contributed by atoms with Gasteiger partial charge in [-0.15, -0.1) is 0 Å². The van der Waals surface area contributed by atoms with Crippen LogP contribution in [0.3, 0.4) is 0 Å². The Balaban J connectivity index is 2.72. The number of nitrogens with one attached hydrogen (secondary N) is 1. The molecule has 94 valence electrons. The molecule has 0 fully saturated rings. The van der Waals surface area contributed by atoms with Gasteiger partial charge in [-0.25, -0.2) is 0 Å². The molecular weight excluding hydrogens is 288 g/mol. The Bertz CT molecular complexity index is 428. The maximum atomic E-state index is 11.9. The number of hydrogen-bond donors (Lipinski definition) is 2. The number of carbonyl (C=O) groups excluding carboxylic acids is 1. The Morgan fingerprint density at radius 2 is 2.24 bits per heavy atom. The zero-order chi connectivity index (χ0) is 13.0. The second kappa shape index (κ2) is 5.86. The van der Waals surface area contributed by atoms with Crippen LogP contribution in [0, 0.1) is 0 Å². The second-order valence-corrected chi connectivity index (χ2v) is 4.72. The summed E-state index contributed by atoms with van der Waals surface area (Å²) >= 11 is 3.30. The predicted octanol–water partition coefficient (Wildman–Crippen LogP) is 1.86. The third kappa shape index (κ3) is 3.89. The SMILES string of the molecule is CCn1cc(Br)cc1C(=O)NC(C)CC(=O)O. The highest BCUT2D eigenvalue weighted by atomic mass is 79.9. The highest BCUT2D eigenvalue weighted by Gasteiger charge is 2.16. The molecule has 1 unspecified atom stereocenters. The Hall–Kier alpha value is -1.30. The van der Waals surface area contributed by atoms with Crippen molar-refractivity contribution in [1.82, 2.24) is 9.88 Å². The summed E-state index contributed by atoms with van der Waals surface area (Å²) in [5.74, 6) is -1.18. The highest BCUT2D eigenvalue weighted by molar-refractivity contribution is 9.10. The van der Waals surface area contributed by atoms with Gasteiger partial charge >= 0.3 is 5.97 Å². The first-order valence-corrected chi connectivity index (χ1v) is 6.11. The van der Waals surface area contributed by atoms with Crippen LogP contribution in [0.15, 0.2) is 16.7 Å². The Morgan fingerprint density at radius 3 is 2.76 bits per heavy atom. The van der Waals surface area contributed by atoms with E-state index in [0.717, 1.165) is 4.47 Å². The number of hydrogen-bond acceptors (Lipinski definition) is 2. The number of carbonyl (C=O) groups is 2. The molecule has 1 amide bonds. The van der Waals surface area contributed by atoms with E-state index in [9.17, 15) is 9.59 Å². The van der Waals surface area contributed by atoms with Crippen LogP contribution in [-0.2, 0) is 11.3 Å². The number of aliphatic carboxylic acids is 1. The van der Waals surface area contributed by atoms with Gasteiger partial charge < -0.3 is 15.0 Å². The van der Waals surface area contributed by atoms with E-state index in [0.29, 0.717) is 12.2 Å². The fourth-order valence-electron chi connectivity index (χ4n) is 1.54. The molecule has 17 heavy (non-hydrogen) atoms. The van der Waals surface area contributed by atoms with Crippen LogP contribution in [0.1, 0.15) is 30.8 Å². The van der Waals surface area contributed by atoms with Crippen LogP contribution in [-0.4, -0.2) is 27.6 Å². The average Bonchev–Trinajstić information content (AvgIpc) is 2.58. The molecule has 1 atom stereocenters. The van der Waals surface area contributed by atoms with Crippen molar-refractivity contribution in [1.29, 1.82) is 0 Å². The lowest BCUT2D eigenvalue weighted by Crippen LogP contribution is -2.35. The van der Waals surface area contributed by atoms with Gasteiger partial charge in [0.15, 0.2) is 0 Å². The van der Waals surface area contributed by atoms with Crippen molar-refractivity contribution in [3.05, 3.63) is 22.4 Å². The van der Waals surface area contributed by atoms with Crippen molar-refractivity contribution >= 4 is 27.8 Å². The fourth-order valence-corrected chi connectivity index (χ4v) is 2.00. The molecule has 2 N–H and O–H groups in total. The van der Waals surface area contributed by atoms with E-state index in [1.54, 1.807) is 17.6 Å². The van der Waals surface area contributed by atoms with E-state index in [-0.39, 0.29) is 18.4 Å². The number of halogens is 1. The molecule has 0 aromatic carbocycles. The summed E-state index contributed by atoms with van der Waals surface area (Å²) in [4.78, 5) is 22.4. The summed E-state index contributed by atoms with van der Waals surface area (Å²) in [6.45, 7) is 4.28. The van der Waals surface area contributed by atoms with E-state index in [4.69, 9.17) is 5.11 Å². The number of aromatic nitrogens is 1. The zero-order valence-electron chi connectivity index (χ0n) is 9.74. The molecule has 5 nitrogen and oxygen atoms in total. The number of amides is 1. The quantitative estimate of drug-likeness (QED) is 0.872. The third-order valence-corrected chi connectivity index (χ3v) is 2.73. The molecule has 0 aliphatic rings. The van der Waals surface area contributed by atoms with Gasteiger partial charge in [0, 0.05) is 23.3 Å². The number of rotatable bonds is 5. The molecule has 0 radical (unpaired) electrons. The lowest BCUT2D eigenvalue weighted by atomic mass is 10.2. The van der Waals surface area contributed by atoms with Gasteiger partial charge in [-0.1, -0.05) is 0 Å². The van der Waals surface area contributed by atoms with Crippen LogP contribution < -0.4 is 5.32 Å². The minimum absolute atomic E-state index is 0.0836. The van der Waals surface area contributed by atoms with Crippen molar-refractivity contribution in [3.8, 4) is 0 Å². The van der Waals surface area contributed by atoms with Crippen LogP contribution in [0.5, 0.6) is 0 Å². The van der Waals surface area contributed by atoms with E-state index in [1.807, 2.05) is 13.1 Å². The maximum absolute atomic E-state index is 11.9. The summed E-state index contributed by atoms with van der Waals surface area (Å²) in [5.41, 5.74) is 0.525. The fraction of sp³-hybridized carbons (Fsp3) is 0.455. The summed E-state index contributed by atoms with van der Waals surface area (Å²) in [6, 6.07) is 1.32. The molecule has 1 aromatic rings. The molecular formula is C11H15BrN2O3. The summed E-state index contributed by atoms with van der Waals surface area (Å²) in [5, 5.41) is 11.3. The van der Waals surface area contributed by atoms with E-state index in [1.165, 1.54) is 0 Å². The Kier molecular flexibility index (Phi) is 4.74. The van der Waals surface area contributed by atoms with Crippen LogP contribution >= 0.6 is 15.9 Å². The minimum atomic E-state index is -0.926. The third-order valence-electron chi connectivity index (χ3n) is 2.29. The summed E-state index contributed by atoms with van der Waals surface area (Å²) in [6.07, 6.45) is 1.73. The van der Waals surface area contributed by atoms with E-state index < -0.39 is 5.97 Å². The first kappa shape index (κ1) is 13.8. The zero-order valence-corrected chi connectivity index (χ0v) is 11.3. The molecule has 1 aromatic heterocycles. The van der Waals surface area contributed by atoms with Crippen molar-refractivity contribution < 1.29 is 14.7 Å². The van der Waals surface area contributed by atoms with Crippen LogP contribution in [0.2, 0.25) is 0 Å². The lowest BCUT2D eigenvalue weighted by molar-refractivity contribution is -0.137. The molecule has 0 bridgehead atoms. The molecule has 0 saturated heterocycles. The smallest absolute Gasteiger partial charge is 0.305 e. The molecule has 6 heteroatoms. The minimum Gasteiger partial charge on any atom is -0.481 e. The van der Waals surface area contributed by atoms with Crippen molar-refractivity contribution in [2.24, 2.45) is 0 Å². The first-order chi connectivity index (χ1) is 7.93. The van der Waals surface area contributed by atoms with Crippen LogP contribution in [0.4, 0.5) is 0 Å². The molecule has 1 heterocycles. The summed E-state index contributed by atoms with van der Waals surface area (Å²) < 4.78 is 2.63. The van der Waals surface area contributed by atoms with E-state index >= 15 is 0 Å². The normalized spacial score (nSPS) is 12.2. The van der Waals surface area contributed by atoms with Crippen molar-refractivity contribution in [2.75, 3.05) is 0 Å². The van der Waals surface area contributed by atoms with E-state index in [2.05, 4.69) is 21.2 Å². The number of carboxylic acid groups (broad SMARTS) is 1. The van der Waals surface area contributed by atoms with Crippen LogP contribution in [0.25, 0.3) is 0 Å². The summed E-state index contributed by atoms with van der Waals surface area (Å²) in [7, 11) is 0. The Labute approximate surface area is 108 Å². The lowest BCUT2D eigenvalue weighted by Gasteiger charge is -2.12. The van der Waals surface area contributed by atoms with Gasteiger partial charge in [-0.05, 0) is 35.8 Å². The first-order valence-electron chi connectivity index (χ1n) is 5.32. The largest absolute Gasteiger partial charge is 0.481 e. The number of nitrogens with zero attached hydrogens (tertiary/aromatic N) is 1. The van der Waals surface area contributed by atoms with Gasteiger partial charge in [0.25, 0.3) is 5.91 Å². The van der Waals surface area contributed by atoms with Gasteiger partial charge in [0.2, 0.25) is 0 Å². The standard InChI is InChI=1S/C11H15BrN2O3/c1-3-14-6-8(12)5-9(14)11(17)13-7(2)4-10(15)16/h5-7H,3-4H2,1-2H3,(H,13,17)(H,15,16). The maximum Gasteiger partial charge on any atom is 0.305 e. The number of aryl methyl sites for hydroxylation is 1. The monoisotopic (exact) mass is 302 g/mol. The molecule has 1 rings (SSSR count). The van der Waals surface area contributed by atoms with Gasteiger partial charge in [-0.2, -0.15) is 0 Å². The molecule has 0 saturated carbocycles. The molecule has 0 aliphatic heterocycles. The average molecular weight is 303 g/mol. The highest BCUT2D eigenvalue weighted by Crippen LogP contribution is 2.15. The predicted molar refractivity (Wildman–Crippen MR) is 67.0 cm³/mol. The van der Waals surface area contributed by atoms with Crippen molar-refractivity contribution in [2.45, 2.75) is 32.9 Å².